The molecule has 5 nitrogen and oxygen atoms in total. The van der Waals surface area contributed by atoms with E-state index in [1.165, 1.54) is 0 Å². The summed E-state index contributed by atoms with van der Waals surface area (Å²) in [4.78, 5) is 0.238. The van der Waals surface area contributed by atoms with Crippen molar-refractivity contribution in [1.82, 2.24) is 4.72 Å². The molecule has 0 aliphatic carbocycles. The SMILES string of the molecule is CCNS(=O)(=O)c1ccc(NCC(C)(O)CC)cc1. The Kier molecular flexibility index (Phi) is 5.34. The van der Waals surface area contributed by atoms with Crippen molar-refractivity contribution in [2.24, 2.45) is 0 Å². The first-order valence-corrected chi connectivity index (χ1v) is 7.85. The number of sulfonamides is 1. The van der Waals surface area contributed by atoms with E-state index in [1.807, 2.05) is 6.92 Å². The zero-order chi connectivity index (χ0) is 14.5. The molecule has 0 radical (unpaired) electrons. The van der Waals surface area contributed by atoms with Crippen LogP contribution >= 0.6 is 0 Å². The second-order valence-corrected chi connectivity index (χ2v) is 6.50. The van der Waals surface area contributed by atoms with E-state index in [-0.39, 0.29) is 4.90 Å². The molecule has 0 amide bonds. The lowest BCUT2D eigenvalue weighted by atomic mass is 10.0. The van der Waals surface area contributed by atoms with E-state index in [9.17, 15) is 13.5 Å². The maximum absolute atomic E-state index is 11.7. The summed E-state index contributed by atoms with van der Waals surface area (Å²) < 4.78 is 25.9. The van der Waals surface area contributed by atoms with Crippen LogP contribution in [0.2, 0.25) is 0 Å². The number of hydrogen-bond acceptors (Lipinski definition) is 4. The van der Waals surface area contributed by atoms with Crippen LogP contribution in [-0.4, -0.2) is 32.2 Å². The van der Waals surface area contributed by atoms with Gasteiger partial charge in [-0.1, -0.05) is 13.8 Å². The van der Waals surface area contributed by atoms with E-state index in [1.54, 1.807) is 38.1 Å². The van der Waals surface area contributed by atoms with Crippen molar-refractivity contribution in [2.75, 3.05) is 18.4 Å². The van der Waals surface area contributed by atoms with Crippen LogP contribution in [0.15, 0.2) is 29.2 Å². The van der Waals surface area contributed by atoms with Crippen molar-refractivity contribution in [3.05, 3.63) is 24.3 Å². The van der Waals surface area contributed by atoms with Gasteiger partial charge in [0.25, 0.3) is 0 Å². The smallest absolute Gasteiger partial charge is 0.240 e. The fraction of sp³-hybridized carbons (Fsp3) is 0.538. The van der Waals surface area contributed by atoms with Crippen LogP contribution in [0.5, 0.6) is 0 Å². The van der Waals surface area contributed by atoms with E-state index in [0.717, 1.165) is 5.69 Å². The number of rotatable bonds is 7. The average molecular weight is 286 g/mol. The molecule has 19 heavy (non-hydrogen) atoms. The zero-order valence-corrected chi connectivity index (χ0v) is 12.4. The van der Waals surface area contributed by atoms with Crippen LogP contribution in [0, 0.1) is 0 Å². The van der Waals surface area contributed by atoms with Crippen molar-refractivity contribution in [3.63, 3.8) is 0 Å². The lowest BCUT2D eigenvalue weighted by molar-refractivity contribution is 0.0697. The number of aliphatic hydroxyl groups is 1. The Morgan fingerprint density at radius 3 is 2.26 bits per heavy atom. The van der Waals surface area contributed by atoms with E-state index in [0.29, 0.717) is 19.5 Å². The van der Waals surface area contributed by atoms with Crippen LogP contribution < -0.4 is 10.0 Å². The molecule has 3 N–H and O–H groups in total. The molecule has 0 spiro atoms. The zero-order valence-electron chi connectivity index (χ0n) is 11.6. The first kappa shape index (κ1) is 15.9. The van der Waals surface area contributed by atoms with E-state index >= 15 is 0 Å². The average Bonchev–Trinajstić information content (AvgIpc) is 2.37. The van der Waals surface area contributed by atoms with Crippen LogP contribution in [0.4, 0.5) is 5.69 Å². The molecule has 0 aromatic heterocycles. The van der Waals surface area contributed by atoms with E-state index < -0.39 is 15.6 Å². The highest BCUT2D eigenvalue weighted by Gasteiger charge is 2.17. The molecule has 0 saturated carbocycles. The van der Waals surface area contributed by atoms with Crippen molar-refractivity contribution in [1.29, 1.82) is 0 Å². The highest BCUT2D eigenvalue weighted by Crippen LogP contribution is 2.16. The maximum Gasteiger partial charge on any atom is 0.240 e. The van der Waals surface area contributed by atoms with Gasteiger partial charge in [-0.05, 0) is 37.6 Å². The van der Waals surface area contributed by atoms with Gasteiger partial charge < -0.3 is 10.4 Å². The maximum atomic E-state index is 11.7. The lowest BCUT2D eigenvalue weighted by Crippen LogP contribution is -2.32. The van der Waals surface area contributed by atoms with Crippen molar-refractivity contribution < 1.29 is 13.5 Å². The normalized spacial score (nSPS) is 14.9. The van der Waals surface area contributed by atoms with Gasteiger partial charge in [0, 0.05) is 18.8 Å². The molecule has 1 rings (SSSR count). The topological polar surface area (TPSA) is 78.4 Å². The third-order valence-electron chi connectivity index (χ3n) is 2.93. The fourth-order valence-corrected chi connectivity index (χ4v) is 2.48. The molecular formula is C13H22N2O3S. The summed E-state index contributed by atoms with van der Waals surface area (Å²) in [6.07, 6.45) is 0.646. The van der Waals surface area contributed by atoms with Crippen molar-refractivity contribution in [3.8, 4) is 0 Å². The predicted octanol–water partition coefficient (Wildman–Crippen LogP) is 1.56. The van der Waals surface area contributed by atoms with Gasteiger partial charge in [-0.25, -0.2) is 13.1 Å². The summed E-state index contributed by atoms with van der Waals surface area (Å²) >= 11 is 0. The number of hydrogen-bond donors (Lipinski definition) is 3. The van der Waals surface area contributed by atoms with Crippen LogP contribution in [0.1, 0.15) is 27.2 Å². The summed E-state index contributed by atoms with van der Waals surface area (Å²) in [7, 11) is -3.40. The van der Waals surface area contributed by atoms with Crippen LogP contribution in [0.25, 0.3) is 0 Å². The third-order valence-corrected chi connectivity index (χ3v) is 4.50. The minimum Gasteiger partial charge on any atom is -0.388 e. The van der Waals surface area contributed by atoms with Gasteiger partial charge in [0.2, 0.25) is 10.0 Å². The minimum atomic E-state index is -3.40. The minimum absolute atomic E-state index is 0.238. The Bertz CT molecular complexity index is 495. The molecule has 1 aromatic rings. The molecule has 0 saturated heterocycles. The first-order valence-electron chi connectivity index (χ1n) is 6.36. The molecule has 1 aromatic carbocycles. The standard InChI is InChI=1S/C13H22N2O3S/c1-4-13(3,16)10-14-11-6-8-12(9-7-11)19(17,18)15-5-2/h6-9,14-16H,4-5,10H2,1-3H3. The van der Waals surface area contributed by atoms with Gasteiger partial charge in [-0.3, -0.25) is 0 Å². The van der Waals surface area contributed by atoms with Gasteiger partial charge in [0.15, 0.2) is 0 Å². The Hall–Kier alpha value is -1.11. The summed E-state index contributed by atoms with van der Waals surface area (Å²) in [6.45, 7) is 6.18. The Balaban J connectivity index is 2.72. The molecule has 0 fully saturated rings. The number of benzene rings is 1. The number of anilines is 1. The first-order chi connectivity index (χ1) is 8.80. The third kappa shape index (κ3) is 4.81. The Morgan fingerprint density at radius 2 is 1.79 bits per heavy atom. The Labute approximate surface area is 115 Å². The van der Waals surface area contributed by atoms with E-state index in [4.69, 9.17) is 0 Å². The molecule has 1 atom stereocenters. The molecule has 0 bridgehead atoms. The van der Waals surface area contributed by atoms with Gasteiger partial charge in [-0.2, -0.15) is 0 Å². The molecule has 0 heterocycles. The number of nitrogens with one attached hydrogen (secondary N) is 2. The van der Waals surface area contributed by atoms with Gasteiger partial charge in [0.05, 0.1) is 10.5 Å². The molecular weight excluding hydrogens is 264 g/mol. The van der Waals surface area contributed by atoms with E-state index in [2.05, 4.69) is 10.0 Å². The Morgan fingerprint density at radius 1 is 1.21 bits per heavy atom. The highest BCUT2D eigenvalue weighted by atomic mass is 32.2. The van der Waals surface area contributed by atoms with Crippen molar-refractivity contribution >= 4 is 15.7 Å². The van der Waals surface area contributed by atoms with Crippen LogP contribution in [-0.2, 0) is 10.0 Å². The second kappa shape index (κ2) is 6.36. The second-order valence-electron chi connectivity index (χ2n) is 4.73. The summed E-state index contributed by atoms with van der Waals surface area (Å²) in [5.41, 5.74) is 0.0123. The summed E-state index contributed by atoms with van der Waals surface area (Å²) in [5, 5.41) is 13.0. The van der Waals surface area contributed by atoms with Gasteiger partial charge in [-0.15, -0.1) is 0 Å². The molecule has 1 unspecified atom stereocenters. The predicted molar refractivity (Wildman–Crippen MR) is 76.7 cm³/mol. The molecule has 0 aliphatic rings. The monoisotopic (exact) mass is 286 g/mol. The molecule has 6 heteroatoms. The summed E-state index contributed by atoms with van der Waals surface area (Å²) in [6, 6.07) is 6.47. The molecule has 0 aliphatic heterocycles. The molecule has 108 valence electrons. The summed E-state index contributed by atoms with van der Waals surface area (Å²) in [5.74, 6) is 0. The van der Waals surface area contributed by atoms with Gasteiger partial charge >= 0.3 is 0 Å². The lowest BCUT2D eigenvalue weighted by Gasteiger charge is -2.22. The quantitative estimate of drug-likeness (QED) is 0.711. The fourth-order valence-electron chi connectivity index (χ4n) is 1.44. The largest absolute Gasteiger partial charge is 0.388 e. The highest BCUT2D eigenvalue weighted by molar-refractivity contribution is 7.89. The van der Waals surface area contributed by atoms with Crippen LogP contribution in [0.3, 0.4) is 0 Å². The van der Waals surface area contributed by atoms with Crippen molar-refractivity contribution in [2.45, 2.75) is 37.7 Å². The van der Waals surface area contributed by atoms with Gasteiger partial charge in [0.1, 0.15) is 0 Å².